The van der Waals surface area contributed by atoms with E-state index in [9.17, 15) is 13.2 Å². The van der Waals surface area contributed by atoms with E-state index in [2.05, 4.69) is 5.32 Å². The van der Waals surface area contributed by atoms with Crippen LogP contribution in [0.5, 0.6) is 0 Å². The van der Waals surface area contributed by atoms with Crippen molar-refractivity contribution in [3.63, 3.8) is 0 Å². The molecule has 0 aliphatic carbocycles. The van der Waals surface area contributed by atoms with E-state index >= 15 is 0 Å². The number of sulfone groups is 1. The van der Waals surface area contributed by atoms with Crippen LogP contribution >= 0.6 is 0 Å². The van der Waals surface area contributed by atoms with Gasteiger partial charge in [0.15, 0.2) is 9.84 Å². The highest BCUT2D eigenvalue weighted by molar-refractivity contribution is 7.90. The first-order valence-electron chi connectivity index (χ1n) is 5.52. The molecule has 0 bridgehead atoms. The molecule has 0 saturated carbocycles. The van der Waals surface area contributed by atoms with Crippen molar-refractivity contribution in [2.24, 2.45) is 0 Å². The summed E-state index contributed by atoms with van der Waals surface area (Å²) in [6, 6.07) is 6.66. The molecule has 4 nitrogen and oxygen atoms in total. The fourth-order valence-electron chi connectivity index (χ4n) is 2.01. The third-order valence-corrected chi connectivity index (χ3v) is 4.08. The summed E-state index contributed by atoms with van der Waals surface area (Å²) in [6.07, 6.45) is 1.68. The predicted molar refractivity (Wildman–Crippen MR) is 64.8 cm³/mol. The maximum absolute atomic E-state index is 11.8. The van der Waals surface area contributed by atoms with Crippen molar-refractivity contribution < 1.29 is 13.2 Å². The molecule has 0 aromatic heterocycles. The molecule has 0 spiro atoms. The first-order valence-corrected chi connectivity index (χ1v) is 7.41. The monoisotopic (exact) mass is 253 g/mol. The van der Waals surface area contributed by atoms with Crippen LogP contribution in [0.3, 0.4) is 0 Å². The average molecular weight is 253 g/mol. The summed E-state index contributed by atoms with van der Waals surface area (Å²) in [6.45, 7) is 1.30. The third kappa shape index (κ3) is 2.73. The number of carbonyl (C=O) groups excluding carboxylic acids is 1. The molecule has 1 saturated heterocycles. The standard InChI is InChI=1S/C12H15NO3S/c1-17(15,16)10-4-2-3-9(7-10)11-8-13-6-5-12(11)14/h2-4,7,11,13H,5-6,8H2,1H3. The Morgan fingerprint density at radius 1 is 1.35 bits per heavy atom. The van der Waals surface area contributed by atoms with Crippen LogP contribution in [0.1, 0.15) is 17.9 Å². The normalized spacial score (nSPS) is 21.5. The van der Waals surface area contributed by atoms with E-state index in [1.54, 1.807) is 18.2 Å². The van der Waals surface area contributed by atoms with Crippen LogP contribution in [0.15, 0.2) is 29.2 Å². The lowest BCUT2D eigenvalue weighted by atomic mass is 9.90. The van der Waals surface area contributed by atoms with Crippen molar-refractivity contribution >= 4 is 15.6 Å². The molecule has 92 valence electrons. The first-order chi connectivity index (χ1) is 7.98. The van der Waals surface area contributed by atoms with Crippen LogP contribution in [0, 0.1) is 0 Å². The van der Waals surface area contributed by atoms with Gasteiger partial charge in [-0.1, -0.05) is 12.1 Å². The van der Waals surface area contributed by atoms with Crippen LogP contribution in [0.2, 0.25) is 0 Å². The highest BCUT2D eigenvalue weighted by Crippen LogP contribution is 2.22. The Bertz CT molecular complexity index is 536. The lowest BCUT2D eigenvalue weighted by molar-refractivity contribution is -0.121. The van der Waals surface area contributed by atoms with Gasteiger partial charge in [-0.2, -0.15) is 0 Å². The van der Waals surface area contributed by atoms with E-state index in [0.29, 0.717) is 19.5 Å². The van der Waals surface area contributed by atoms with Crippen molar-refractivity contribution in [1.29, 1.82) is 0 Å². The molecule has 1 aromatic carbocycles. The van der Waals surface area contributed by atoms with Gasteiger partial charge in [-0.15, -0.1) is 0 Å². The van der Waals surface area contributed by atoms with Gasteiger partial charge in [0, 0.05) is 25.8 Å². The average Bonchev–Trinajstić information content (AvgIpc) is 2.29. The molecule has 2 rings (SSSR count). The van der Waals surface area contributed by atoms with Gasteiger partial charge in [-0.05, 0) is 17.7 Å². The molecule has 1 N–H and O–H groups in total. The molecule has 1 atom stereocenters. The Morgan fingerprint density at radius 3 is 2.76 bits per heavy atom. The van der Waals surface area contributed by atoms with Crippen LogP contribution in [-0.2, 0) is 14.6 Å². The van der Waals surface area contributed by atoms with E-state index in [0.717, 1.165) is 5.56 Å². The quantitative estimate of drug-likeness (QED) is 0.844. The minimum absolute atomic E-state index is 0.175. The van der Waals surface area contributed by atoms with E-state index in [1.807, 2.05) is 6.07 Å². The summed E-state index contributed by atoms with van der Waals surface area (Å²) in [7, 11) is -3.21. The minimum Gasteiger partial charge on any atom is -0.315 e. The maximum Gasteiger partial charge on any atom is 0.175 e. The number of carbonyl (C=O) groups is 1. The number of piperidine rings is 1. The summed E-state index contributed by atoms with van der Waals surface area (Å²) in [5.41, 5.74) is 0.783. The highest BCUT2D eigenvalue weighted by atomic mass is 32.2. The Hall–Kier alpha value is -1.20. The van der Waals surface area contributed by atoms with Gasteiger partial charge in [-0.25, -0.2) is 8.42 Å². The van der Waals surface area contributed by atoms with E-state index in [4.69, 9.17) is 0 Å². The lowest BCUT2D eigenvalue weighted by Crippen LogP contribution is -2.35. The number of rotatable bonds is 2. The summed E-state index contributed by atoms with van der Waals surface area (Å²) in [5, 5.41) is 3.15. The van der Waals surface area contributed by atoms with Crippen LogP contribution in [-0.4, -0.2) is 33.5 Å². The minimum atomic E-state index is -3.21. The van der Waals surface area contributed by atoms with E-state index < -0.39 is 9.84 Å². The Labute approximate surface area is 101 Å². The molecule has 17 heavy (non-hydrogen) atoms. The second-order valence-corrected chi connectivity index (χ2v) is 6.33. The lowest BCUT2D eigenvalue weighted by Gasteiger charge is -2.22. The predicted octanol–water partition coefficient (Wildman–Crippen LogP) is 0.736. The zero-order valence-electron chi connectivity index (χ0n) is 9.64. The topological polar surface area (TPSA) is 63.2 Å². The molecule has 1 heterocycles. The fourth-order valence-corrected chi connectivity index (χ4v) is 2.69. The van der Waals surface area contributed by atoms with E-state index in [-0.39, 0.29) is 16.6 Å². The zero-order valence-corrected chi connectivity index (χ0v) is 10.5. The maximum atomic E-state index is 11.8. The second kappa shape index (κ2) is 4.58. The van der Waals surface area contributed by atoms with Crippen molar-refractivity contribution in [2.75, 3.05) is 19.3 Å². The molecule has 5 heteroatoms. The van der Waals surface area contributed by atoms with Gasteiger partial charge >= 0.3 is 0 Å². The van der Waals surface area contributed by atoms with Gasteiger partial charge in [0.25, 0.3) is 0 Å². The molecular weight excluding hydrogens is 238 g/mol. The molecule has 1 aliphatic rings. The van der Waals surface area contributed by atoms with Gasteiger partial charge in [-0.3, -0.25) is 4.79 Å². The Kier molecular flexibility index (Phi) is 3.31. The molecule has 1 aromatic rings. The molecule has 0 radical (unpaired) electrons. The van der Waals surface area contributed by atoms with Gasteiger partial charge in [0.05, 0.1) is 10.8 Å². The molecule has 1 unspecified atom stereocenters. The molecule has 0 amide bonds. The second-order valence-electron chi connectivity index (χ2n) is 4.32. The van der Waals surface area contributed by atoms with E-state index in [1.165, 1.54) is 6.26 Å². The smallest absolute Gasteiger partial charge is 0.175 e. The highest BCUT2D eigenvalue weighted by Gasteiger charge is 2.24. The van der Waals surface area contributed by atoms with Crippen LogP contribution < -0.4 is 5.32 Å². The molecular formula is C12H15NO3S. The number of nitrogens with one attached hydrogen (secondary N) is 1. The Morgan fingerprint density at radius 2 is 2.12 bits per heavy atom. The Balaban J connectivity index is 2.36. The van der Waals surface area contributed by atoms with Crippen molar-refractivity contribution in [1.82, 2.24) is 5.32 Å². The van der Waals surface area contributed by atoms with Crippen LogP contribution in [0.25, 0.3) is 0 Å². The number of Topliss-reactive ketones (excluding diaryl/α,β-unsaturated/α-hetero) is 1. The molecule has 1 fully saturated rings. The van der Waals surface area contributed by atoms with Crippen LogP contribution in [0.4, 0.5) is 0 Å². The van der Waals surface area contributed by atoms with Crippen molar-refractivity contribution in [3.05, 3.63) is 29.8 Å². The fraction of sp³-hybridized carbons (Fsp3) is 0.417. The SMILES string of the molecule is CS(=O)(=O)c1cccc(C2CNCCC2=O)c1. The number of hydrogen-bond donors (Lipinski definition) is 1. The summed E-state index contributed by atoms with van der Waals surface area (Å²) in [4.78, 5) is 12.0. The molecule has 1 aliphatic heterocycles. The third-order valence-electron chi connectivity index (χ3n) is 2.97. The van der Waals surface area contributed by atoms with Gasteiger partial charge < -0.3 is 5.32 Å². The summed E-state index contributed by atoms with van der Waals surface area (Å²) < 4.78 is 22.9. The number of ketones is 1. The van der Waals surface area contributed by atoms with Crippen molar-refractivity contribution in [3.8, 4) is 0 Å². The zero-order chi connectivity index (χ0) is 12.5. The largest absolute Gasteiger partial charge is 0.315 e. The number of hydrogen-bond acceptors (Lipinski definition) is 4. The number of benzene rings is 1. The van der Waals surface area contributed by atoms with Crippen molar-refractivity contribution in [2.45, 2.75) is 17.2 Å². The van der Waals surface area contributed by atoms with Gasteiger partial charge in [0.2, 0.25) is 0 Å². The summed E-state index contributed by atoms with van der Waals surface area (Å²) in [5.74, 6) is -0.0418. The summed E-state index contributed by atoms with van der Waals surface area (Å²) >= 11 is 0. The van der Waals surface area contributed by atoms with Gasteiger partial charge in [0.1, 0.15) is 5.78 Å². The first kappa shape index (κ1) is 12.3.